The number of methoxy groups -OCH3 is 1. The Hall–Kier alpha value is -1.92. The second kappa shape index (κ2) is 8.23. The Morgan fingerprint density at radius 1 is 1.53 bits per heavy atom. The zero-order chi connectivity index (χ0) is 14.1. The van der Waals surface area contributed by atoms with E-state index in [2.05, 4.69) is 11.9 Å². The van der Waals surface area contributed by atoms with E-state index in [0.29, 0.717) is 19.7 Å². The lowest BCUT2D eigenvalue weighted by molar-refractivity contribution is -0.385. The van der Waals surface area contributed by atoms with E-state index in [0.717, 1.165) is 5.56 Å². The molecular weight excluding hydrogens is 248 g/mol. The first kappa shape index (κ1) is 15.1. The molecule has 0 spiro atoms. The molecule has 1 aromatic rings. The molecule has 0 fully saturated rings. The monoisotopic (exact) mass is 266 g/mol. The van der Waals surface area contributed by atoms with Crippen LogP contribution in [0.2, 0.25) is 0 Å². The van der Waals surface area contributed by atoms with Crippen LogP contribution in [-0.4, -0.2) is 31.8 Å². The van der Waals surface area contributed by atoms with E-state index in [1.807, 2.05) is 0 Å². The van der Waals surface area contributed by atoms with Gasteiger partial charge in [0, 0.05) is 26.3 Å². The van der Waals surface area contributed by atoms with Crippen LogP contribution in [-0.2, 0) is 11.3 Å². The summed E-state index contributed by atoms with van der Waals surface area (Å²) in [6.07, 6.45) is 1.55. The molecule has 6 nitrogen and oxygen atoms in total. The smallest absolute Gasteiger partial charge is 0.311 e. The molecule has 1 rings (SSSR count). The molecular formula is C13H18N2O4. The maximum absolute atomic E-state index is 11.0. The molecule has 104 valence electrons. The average Bonchev–Trinajstić information content (AvgIpc) is 2.41. The average molecular weight is 266 g/mol. The number of ether oxygens (including phenoxy) is 2. The fourth-order valence-corrected chi connectivity index (χ4v) is 1.49. The van der Waals surface area contributed by atoms with Gasteiger partial charge in [-0.1, -0.05) is 18.7 Å². The predicted octanol–water partition coefficient (Wildman–Crippen LogP) is 1.90. The Labute approximate surface area is 112 Å². The van der Waals surface area contributed by atoms with Crippen molar-refractivity contribution in [2.45, 2.75) is 6.54 Å². The molecule has 6 heteroatoms. The standard InChI is InChI=1S/C13H18N2O4/c1-3-7-19-13-5-4-11(9-12(13)15(16)17)10-14-6-8-18-2/h3-5,9,14H,1,6-8,10H2,2H3. The van der Waals surface area contributed by atoms with E-state index in [4.69, 9.17) is 9.47 Å². The van der Waals surface area contributed by atoms with Crippen molar-refractivity contribution >= 4 is 5.69 Å². The van der Waals surface area contributed by atoms with Gasteiger partial charge >= 0.3 is 5.69 Å². The van der Waals surface area contributed by atoms with Gasteiger partial charge in [0.05, 0.1) is 11.5 Å². The van der Waals surface area contributed by atoms with E-state index in [9.17, 15) is 10.1 Å². The number of nitrogens with one attached hydrogen (secondary N) is 1. The summed E-state index contributed by atoms with van der Waals surface area (Å²) in [4.78, 5) is 10.5. The molecule has 0 bridgehead atoms. The molecule has 0 radical (unpaired) electrons. The van der Waals surface area contributed by atoms with Crippen LogP contribution in [0.15, 0.2) is 30.9 Å². The zero-order valence-electron chi connectivity index (χ0n) is 10.9. The van der Waals surface area contributed by atoms with Crippen molar-refractivity contribution in [2.75, 3.05) is 26.9 Å². The third-order valence-electron chi connectivity index (χ3n) is 2.39. The zero-order valence-corrected chi connectivity index (χ0v) is 10.9. The molecule has 0 heterocycles. The third-order valence-corrected chi connectivity index (χ3v) is 2.39. The Balaban J connectivity index is 2.72. The first-order valence-electron chi connectivity index (χ1n) is 5.89. The van der Waals surface area contributed by atoms with Crippen LogP contribution >= 0.6 is 0 Å². The lowest BCUT2D eigenvalue weighted by Gasteiger charge is -2.07. The van der Waals surface area contributed by atoms with Gasteiger partial charge < -0.3 is 14.8 Å². The van der Waals surface area contributed by atoms with E-state index in [-0.39, 0.29) is 18.0 Å². The Kier molecular flexibility index (Phi) is 6.56. The fraction of sp³-hybridized carbons (Fsp3) is 0.385. The number of rotatable bonds is 9. The van der Waals surface area contributed by atoms with Crippen LogP contribution < -0.4 is 10.1 Å². The van der Waals surface area contributed by atoms with Crippen LogP contribution in [0.25, 0.3) is 0 Å². The highest BCUT2D eigenvalue weighted by molar-refractivity contribution is 5.48. The van der Waals surface area contributed by atoms with Crippen molar-refractivity contribution in [1.82, 2.24) is 5.32 Å². The van der Waals surface area contributed by atoms with Gasteiger partial charge in [0.1, 0.15) is 6.61 Å². The Morgan fingerprint density at radius 3 is 2.95 bits per heavy atom. The van der Waals surface area contributed by atoms with Crippen LogP contribution in [0.4, 0.5) is 5.69 Å². The van der Waals surface area contributed by atoms with E-state index in [1.54, 1.807) is 25.3 Å². The Bertz CT molecular complexity index is 435. The lowest BCUT2D eigenvalue weighted by Crippen LogP contribution is -2.18. The maximum atomic E-state index is 11.0. The molecule has 1 N–H and O–H groups in total. The van der Waals surface area contributed by atoms with E-state index < -0.39 is 4.92 Å². The van der Waals surface area contributed by atoms with Crippen molar-refractivity contribution in [3.05, 3.63) is 46.5 Å². The summed E-state index contributed by atoms with van der Waals surface area (Å²) in [5.74, 6) is 0.255. The molecule has 0 amide bonds. The number of nitro benzene ring substituents is 1. The first-order valence-corrected chi connectivity index (χ1v) is 5.89. The molecule has 0 saturated heterocycles. The molecule has 19 heavy (non-hydrogen) atoms. The van der Waals surface area contributed by atoms with E-state index in [1.165, 1.54) is 6.07 Å². The van der Waals surface area contributed by atoms with Crippen molar-refractivity contribution in [3.8, 4) is 5.75 Å². The predicted molar refractivity (Wildman–Crippen MR) is 72.4 cm³/mol. The van der Waals surface area contributed by atoms with Gasteiger partial charge in [-0.3, -0.25) is 10.1 Å². The third kappa shape index (κ3) is 5.07. The van der Waals surface area contributed by atoms with Gasteiger partial charge in [0.25, 0.3) is 0 Å². The van der Waals surface area contributed by atoms with Gasteiger partial charge in [-0.25, -0.2) is 0 Å². The number of nitrogens with zero attached hydrogens (tertiary/aromatic N) is 1. The molecule has 0 atom stereocenters. The first-order chi connectivity index (χ1) is 9.19. The summed E-state index contributed by atoms with van der Waals surface area (Å²) in [6, 6.07) is 4.92. The van der Waals surface area contributed by atoms with Crippen molar-refractivity contribution in [3.63, 3.8) is 0 Å². The quantitative estimate of drug-likeness (QED) is 0.320. The summed E-state index contributed by atoms with van der Waals surface area (Å²) in [7, 11) is 1.62. The topological polar surface area (TPSA) is 73.6 Å². The summed E-state index contributed by atoms with van der Waals surface area (Å²) in [6.45, 7) is 5.59. The van der Waals surface area contributed by atoms with Crippen LogP contribution in [0, 0.1) is 10.1 Å². The molecule has 1 aromatic carbocycles. The van der Waals surface area contributed by atoms with Crippen LogP contribution in [0.3, 0.4) is 0 Å². The lowest BCUT2D eigenvalue weighted by atomic mass is 10.2. The summed E-state index contributed by atoms with van der Waals surface area (Å²) in [5, 5.41) is 14.1. The van der Waals surface area contributed by atoms with Gasteiger partial charge in [-0.2, -0.15) is 0 Å². The molecule has 0 aliphatic rings. The minimum absolute atomic E-state index is 0.0344. The van der Waals surface area contributed by atoms with Crippen molar-refractivity contribution < 1.29 is 14.4 Å². The van der Waals surface area contributed by atoms with Crippen LogP contribution in [0.5, 0.6) is 5.75 Å². The van der Waals surface area contributed by atoms with Crippen molar-refractivity contribution in [1.29, 1.82) is 0 Å². The summed E-state index contributed by atoms with van der Waals surface area (Å²) in [5.41, 5.74) is 0.793. The fourth-order valence-electron chi connectivity index (χ4n) is 1.49. The molecule has 0 aliphatic carbocycles. The number of hydrogen-bond acceptors (Lipinski definition) is 5. The highest BCUT2D eigenvalue weighted by Gasteiger charge is 2.15. The van der Waals surface area contributed by atoms with Gasteiger partial charge in [0.2, 0.25) is 0 Å². The minimum Gasteiger partial charge on any atom is -0.483 e. The van der Waals surface area contributed by atoms with E-state index >= 15 is 0 Å². The maximum Gasteiger partial charge on any atom is 0.311 e. The minimum atomic E-state index is -0.447. The summed E-state index contributed by atoms with van der Waals surface area (Å²) >= 11 is 0. The largest absolute Gasteiger partial charge is 0.483 e. The Morgan fingerprint density at radius 2 is 2.32 bits per heavy atom. The molecule has 0 saturated carbocycles. The van der Waals surface area contributed by atoms with Gasteiger partial charge in [0.15, 0.2) is 5.75 Å². The normalized spacial score (nSPS) is 10.2. The highest BCUT2D eigenvalue weighted by atomic mass is 16.6. The highest BCUT2D eigenvalue weighted by Crippen LogP contribution is 2.27. The van der Waals surface area contributed by atoms with Gasteiger partial charge in [-0.15, -0.1) is 0 Å². The number of hydrogen-bond donors (Lipinski definition) is 1. The molecule has 0 unspecified atom stereocenters. The number of nitro groups is 1. The molecule has 0 aliphatic heterocycles. The second-order valence-electron chi connectivity index (χ2n) is 3.83. The van der Waals surface area contributed by atoms with Crippen LogP contribution in [0.1, 0.15) is 5.56 Å². The SMILES string of the molecule is C=CCOc1ccc(CNCCOC)cc1[N+](=O)[O-]. The van der Waals surface area contributed by atoms with Gasteiger partial charge in [-0.05, 0) is 11.6 Å². The second-order valence-corrected chi connectivity index (χ2v) is 3.83. The summed E-state index contributed by atoms with van der Waals surface area (Å²) < 4.78 is 10.2. The van der Waals surface area contributed by atoms with Crippen molar-refractivity contribution in [2.24, 2.45) is 0 Å². The number of benzene rings is 1. The molecule has 0 aromatic heterocycles.